The number of benzene rings is 3. The van der Waals surface area contributed by atoms with Gasteiger partial charge >= 0.3 is 0 Å². The number of carbonyl (C=O) groups excluding carboxylic acids is 2. The van der Waals surface area contributed by atoms with E-state index in [2.05, 4.69) is 5.32 Å². The molecule has 0 spiro atoms. The lowest BCUT2D eigenvalue weighted by Gasteiger charge is -2.35. The molecule has 0 aromatic heterocycles. The Labute approximate surface area is 247 Å². The van der Waals surface area contributed by atoms with Crippen molar-refractivity contribution < 1.29 is 22.4 Å². The second-order valence-corrected chi connectivity index (χ2v) is 13.3. The van der Waals surface area contributed by atoms with Gasteiger partial charge in [0.05, 0.1) is 10.6 Å². The van der Waals surface area contributed by atoms with Crippen LogP contribution < -0.4 is 9.62 Å². The number of amides is 2. The van der Waals surface area contributed by atoms with Crippen LogP contribution in [0, 0.1) is 19.7 Å². The molecule has 1 N–H and O–H groups in total. The van der Waals surface area contributed by atoms with Crippen molar-refractivity contribution >= 4 is 39.1 Å². The predicted octanol–water partition coefficient (Wildman–Crippen LogP) is 6.01. The van der Waals surface area contributed by atoms with Crippen LogP contribution >= 0.6 is 11.6 Å². The fourth-order valence-corrected chi connectivity index (χ4v) is 6.02. The second kappa shape index (κ2) is 13.0. The molecule has 41 heavy (non-hydrogen) atoms. The van der Waals surface area contributed by atoms with E-state index in [1.54, 1.807) is 44.2 Å². The predicted molar refractivity (Wildman–Crippen MR) is 161 cm³/mol. The molecule has 3 aromatic carbocycles. The van der Waals surface area contributed by atoms with E-state index >= 15 is 0 Å². The first-order chi connectivity index (χ1) is 19.1. The summed E-state index contributed by atoms with van der Waals surface area (Å²) in [6.45, 7) is 10.2. The summed E-state index contributed by atoms with van der Waals surface area (Å²) in [6, 6.07) is 15.9. The minimum absolute atomic E-state index is 0.0119. The molecule has 0 saturated carbocycles. The maximum atomic E-state index is 14.1. The molecule has 10 heteroatoms. The monoisotopic (exact) mass is 601 g/mol. The van der Waals surface area contributed by atoms with Crippen molar-refractivity contribution in [3.05, 3.63) is 94.3 Å². The minimum Gasteiger partial charge on any atom is -0.350 e. The van der Waals surface area contributed by atoms with Gasteiger partial charge in [0, 0.05) is 17.1 Å². The molecular formula is C31H37ClFN3O4S. The Kier molecular flexibility index (Phi) is 10.2. The molecular weight excluding hydrogens is 565 g/mol. The van der Waals surface area contributed by atoms with E-state index in [1.807, 2.05) is 27.7 Å². The van der Waals surface area contributed by atoms with Crippen LogP contribution in [0.5, 0.6) is 0 Å². The highest BCUT2D eigenvalue weighted by Crippen LogP contribution is 2.31. The van der Waals surface area contributed by atoms with E-state index in [0.717, 1.165) is 9.87 Å². The Balaban J connectivity index is 2.11. The Morgan fingerprint density at radius 2 is 1.59 bits per heavy atom. The molecule has 3 rings (SSSR count). The zero-order chi connectivity index (χ0) is 30.5. The van der Waals surface area contributed by atoms with Crippen molar-refractivity contribution in [1.29, 1.82) is 0 Å². The van der Waals surface area contributed by atoms with Gasteiger partial charge < -0.3 is 10.2 Å². The summed E-state index contributed by atoms with van der Waals surface area (Å²) in [5, 5.41) is 3.27. The molecule has 0 saturated heterocycles. The molecule has 7 nitrogen and oxygen atoms in total. The third kappa shape index (κ3) is 8.07. The van der Waals surface area contributed by atoms with Crippen LogP contribution in [0.3, 0.4) is 0 Å². The Hall–Kier alpha value is -3.43. The Morgan fingerprint density at radius 3 is 2.15 bits per heavy atom. The fraction of sp³-hybridized carbons (Fsp3) is 0.355. The van der Waals surface area contributed by atoms with Crippen molar-refractivity contribution in [2.24, 2.45) is 0 Å². The first kappa shape index (κ1) is 32.1. The molecule has 3 aromatic rings. The topological polar surface area (TPSA) is 86.8 Å². The summed E-state index contributed by atoms with van der Waals surface area (Å²) in [6.07, 6.45) is 0.274. The number of nitrogens with zero attached hydrogens (tertiary/aromatic N) is 2. The van der Waals surface area contributed by atoms with E-state index in [-0.39, 0.29) is 29.5 Å². The summed E-state index contributed by atoms with van der Waals surface area (Å²) < 4.78 is 42.7. The van der Waals surface area contributed by atoms with E-state index < -0.39 is 39.9 Å². The lowest BCUT2D eigenvalue weighted by Crippen LogP contribution is -2.55. The number of carbonyl (C=O) groups is 2. The van der Waals surface area contributed by atoms with Gasteiger partial charge in [0.1, 0.15) is 18.4 Å². The Morgan fingerprint density at radius 1 is 0.976 bits per heavy atom. The smallest absolute Gasteiger partial charge is 0.264 e. The highest BCUT2D eigenvalue weighted by molar-refractivity contribution is 7.92. The van der Waals surface area contributed by atoms with Gasteiger partial charge in [0.2, 0.25) is 11.8 Å². The average Bonchev–Trinajstić information content (AvgIpc) is 2.89. The number of hydrogen-bond acceptors (Lipinski definition) is 4. The van der Waals surface area contributed by atoms with Gasteiger partial charge in [-0.15, -0.1) is 0 Å². The van der Waals surface area contributed by atoms with Gasteiger partial charge in [-0.2, -0.15) is 0 Å². The van der Waals surface area contributed by atoms with E-state index in [9.17, 15) is 22.4 Å². The van der Waals surface area contributed by atoms with Crippen LogP contribution in [-0.4, -0.2) is 43.3 Å². The number of halogens is 2. The molecule has 0 aliphatic heterocycles. The van der Waals surface area contributed by atoms with E-state index in [0.29, 0.717) is 16.1 Å². The highest BCUT2D eigenvalue weighted by Gasteiger charge is 2.35. The third-order valence-electron chi connectivity index (χ3n) is 6.55. The van der Waals surface area contributed by atoms with Crippen molar-refractivity contribution in [3.63, 3.8) is 0 Å². The van der Waals surface area contributed by atoms with Gasteiger partial charge in [-0.1, -0.05) is 54.4 Å². The maximum absolute atomic E-state index is 14.1. The van der Waals surface area contributed by atoms with Crippen LogP contribution in [0.25, 0.3) is 0 Å². The molecule has 1 atom stereocenters. The van der Waals surface area contributed by atoms with Crippen LogP contribution in [0.15, 0.2) is 71.6 Å². The molecule has 0 aliphatic carbocycles. The molecule has 0 bridgehead atoms. The SMILES string of the molecule is CC[C@@H](C(=O)NC(C)(C)C)N(Cc1ccc(F)cc1)C(=O)CN(c1cccc(Cl)c1C)S(=O)(=O)c1ccc(C)cc1. The maximum Gasteiger partial charge on any atom is 0.264 e. The van der Waals surface area contributed by atoms with Crippen molar-refractivity contribution in [2.75, 3.05) is 10.8 Å². The quantitative estimate of drug-likeness (QED) is 0.308. The lowest BCUT2D eigenvalue weighted by atomic mass is 10.1. The summed E-state index contributed by atoms with van der Waals surface area (Å²) in [4.78, 5) is 28.9. The standard InChI is InChI=1S/C31H37ClFN3O4S/c1-7-27(30(38)34-31(4,5)6)35(19-23-13-15-24(33)16-14-23)29(37)20-36(28-10-8-9-26(32)22(28)3)41(39,40)25-17-11-21(2)12-18-25/h8-18,27H,7,19-20H2,1-6H3,(H,34,38)/t27-/m0/s1. The fourth-order valence-electron chi connectivity index (χ4n) is 4.38. The summed E-state index contributed by atoms with van der Waals surface area (Å²) in [5.74, 6) is -1.40. The van der Waals surface area contributed by atoms with Gasteiger partial charge in [0.15, 0.2) is 0 Å². The van der Waals surface area contributed by atoms with E-state index in [1.165, 1.54) is 41.3 Å². The molecule has 0 unspecified atom stereocenters. The van der Waals surface area contributed by atoms with Gasteiger partial charge in [-0.25, -0.2) is 12.8 Å². The van der Waals surface area contributed by atoms with Crippen LogP contribution in [-0.2, 0) is 26.2 Å². The number of hydrogen-bond donors (Lipinski definition) is 1. The summed E-state index contributed by atoms with van der Waals surface area (Å²) >= 11 is 6.37. The van der Waals surface area contributed by atoms with Crippen LogP contribution in [0.4, 0.5) is 10.1 Å². The lowest BCUT2D eigenvalue weighted by molar-refractivity contribution is -0.141. The van der Waals surface area contributed by atoms with Crippen molar-refractivity contribution in [2.45, 2.75) is 71.0 Å². The minimum atomic E-state index is -4.22. The molecule has 2 amide bonds. The molecule has 0 fully saturated rings. The number of rotatable bonds is 10. The highest BCUT2D eigenvalue weighted by atomic mass is 35.5. The van der Waals surface area contributed by atoms with Crippen molar-refractivity contribution in [3.8, 4) is 0 Å². The summed E-state index contributed by atoms with van der Waals surface area (Å²) in [7, 11) is -4.22. The number of nitrogens with one attached hydrogen (secondary N) is 1. The van der Waals surface area contributed by atoms with E-state index in [4.69, 9.17) is 11.6 Å². The van der Waals surface area contributed by atoms with Crippen molar-refractivity contribution in [1.82, 2.24) is 10.2 Å². The number of anilines is 1. The molecule has 0 aliphatic rings. The summed E-state index contributed by atoms with van der Waals surface area (Å²) in [5.41, 5.74) is 1.65. The van der Waals surface area contributed by atoms with Gasteiger partial charge in [0.25, 0.3) is 10.0 Å². The first-order valence-electron chi connectivity index (χ1n) is 13.3. The first-order valence-corrected chi connectivity index (χ1v) is 15.2. The zero-order valence-corrected chi connectivity index (χ0v) is 25.8. The van der Waals surface area contributed by atoms with Crippen LogP contribution in [0.2, 0.25) is 5.02 Å². The number of sulfonamides is 1. The third-order valence-corrected chi connectivity index (χ3v) is 8.73. The Bertz CT molecular complexity index is 1490. The van der Waals surface area contributed by atoms with Gasteiger partial charge in [-0.3, -0.25) is 13.9 Å². The number of aryl methyl sites for hydroxylation is 1. The average molecular weight is 602 g/mol. The molecule has 0 radical (unpaired) electrons. The zero-order valence-electron chi connectivity index (χ0n) is 24.2. The van der Waals surface area contributed by atoms with Gasteiger partial charge in [-0.05, 0) is 88.6 Å². The molecule has 220 valence electrons. The normalized spacial score (nSPS) is 12.5. The van der Waals surface area contributed by atoms with Crippen LogP contribution in [0.1, 0.15) is 50.8 Å². The molecule has 0 heterocycles. The second-order valence-electron chi connectivity index (χ2n) is 11.0. The largest absolute Gasteiger partial charge is 0.350 e.